The molecule has 0 unspecified atom stereocenters. The summed E-state index contributed by atoms with van der Waals surface area (Å²) in [5.41, 5.74) is 0.339. The molecule has 0 spiro atoms. The van der Waals surface area contributed by atoms with Crippen molar-refractivity contribution in [2.75, 3.05) is 20.3 Å². The number of benzene rings is 1. The van der Waals surface area contributed by atoms with Crippen molar-refractivity contribution in [3.8, 4) is 11.5 Å². The average Bonchev–Trinajstić information content (AvgIpc) is 3.25. The first-order chi connectivity index (χ1) is 14.8. The zero-order chi connectivity index (χ0) is 22.5. The maximum absolute atomic E-state index is 13.0. The van der Waals surface area contributed by atoms with Crippen LogP contribution in [0.2, 0.25) is 0 Å². The molecule has 1 aromatic carbocycles. The van der Waals surface area contributed by atoms with Crippen LogP contribution in [-0.2, 0) is 19.1 Å². The van der Waals surface area contributed by atoms with E-state index in [2.05, 4.69) is 26.0 Å². The summed E-state index contributed by atoms with van der Waals surface area (Å²) in [7, 11) is 1.26. The standard InChI is InChI=1S/C21H23BrN2O7/c1-3-30-16-9-12(15(22)10-17(16)31-11-18(25)29-2)8-14-19(26)23-21(28)24(20(14)27)13-6-4-5-7-13/h8-10,13H,3-7,11H2,1-2H3,(H,23,26,28)/b14-8+. The summed E-state index contributed by atoms with van der Waals surface area (Å²) < 4.78 is 16.1. The number of hydrogen-bond acceptors (Lipinski definition) is 7. The van der Waals surface area contributed by atoms with Crippen LogP contribution < -0.4 is 14.8 Å². The lowest BCUT2D eigenvalue weighted by Crippen LogP contribution is -2.57. The first-order valence-corrected chi connectivity index (χ1v) is 10.7. The topological polar surface area (TPSA) is 111 Å². The van der Waals surface area contributed by atoms with Gasteiger partial charge in [0.1, 0.15) is 5.57 Å². The van der Waals surface area contributed by atoms with Crippen LogP contribution in [-0.4, -0.2) is 55.1 Å². The van der Waals surface area contributed by atoms with Crippen molar-refractivity contribution in [1.29, 1.82) is 0 Å². The number of urea groups is 1. The Labute approximate surface area is 187 Å². The van der Waals surface area contributed by atoms with Crippen molar-refractivity contribution < 1.29 is 33.4 Å². The number of ether oxygens (including phenoxy) is 3. The molecule has 1 heterocycles. The molecule has 2 fully saturated rings. The molecule has 0 radical (unpaired) electrons. The molecule has 166 valence electrons. The number of halogens is 1. The van der Waals surface area contributed by atoms with Gasteiger partial charge in [-0.15, -0.1) is 0 Å². The Kier molecular flexibility index (Phi) is 7.32. The second kappa shape index (κ2) is 9.95. The summed E-state index contributed by atoms with van der Waals surface area (Å²) in [5.74, 6) is -1.29. The van der Waals surface area contributed by atoms with E-state index in [1.807, 2.05) is 0 Å². The van der Waals surface area contributed by atoms with Crippen LogP contribution in [0.15, 0.2) is 22.2 Å². The quantitative estimate of drug-likeness (QED) is 0.352. The van der Waals surface area contributed by atoms with Crippen molar-refractivity contribution in [2.45, 2.75) is 38.6 Å². The second-order valence-corrected chi connectivity index (χ2v) is 7.90. The molecule has 1 aromatic rings. The Morgan fingerprint density at radius 3 is 2.52 bits per heavy atom. The minimum Gasteiger partial charge on any atom is -0.490 e. The fourth-order valence-corrected chi connectivity index (χ4v) is 4.00. The molecule has 1 aliphatic heterocycles. The smallest absolute Gasteiger partial charge is 0.343 e. The van der Waals surface area contributed by atoms with E-state index in [-0.39, 0.29) is 18.2 Å². The fourth-order valence-electron chi connectivity index (χ4n) is 3.56. The van der Waals surface area contributed by atoms with Gasteiger partial charge in [-0.05, 0) is 43.5 Å². The molecule has 1 aliphatic carbocycles. The molecule has 1 saturated carbocycles. The lowest BCUT2D eigenvalue weighted by molar-refractivity contribution is -0.143. The van der Waals surface area contributed by atoms with Gasteiger partial charge in [-0.3, -0.25) is 19.8 Å². The Morgan fingerprint density at radius 2 is 1.87 bits per heavy atom. The SMILES string of the molecule is CCOc1cc(/C=C2\C(=O)NC(=O)N(C3CCCC3)C2=O)c(Br)cc1OCC(=O)OC. The van der Waals surface area contributed by atoms with Crippen LogP contribution in [0, 0.1) is 0 Å². The van der Waals surface area contributed by atoms with Crippen LogP contribution in [0.5, 0.6) is 11.5 Å². The van der Waals surface area contributed by atoms with Crippen LogP contribution in [0.4, 0.5) is 4.79 Å². The molecule has 0 aromatic heterocycles. The number of esters is 1. The van der Waals surface area contributed by atoms with E-state index in [1.54, 1.807) is 19.1 Å². The van der Waals surface area contributed by atoms with E-state index in [0.29, 0.717) is 28.1 Å². The second-order valence-electron chi connectivity index (χ2n) is 7.05. The molecule has 1 saturated heterocycles. The van der Waals surface area contributed by atoms with Gasteiger partial charge in [0, 0.05) is 10.5 Å². The number of carbonyl (C=O) groups excluding carboxylic acids is 4. The highest BCUT2D eigenvalue weighted by molar-refractivity contribution is 9.10. The fraction of sp³-hybridized carbons (Fsp3) is 0.429. The predicted octanol–water partition coefficient (Wildman–Crippen LogP) is 2.80. The summed E-state index contributed by atoms with van der Waals surface area (Å²) >= 11 is 3.40. The largest absolute Gasteiger partial charge is 0.490 e. The lowest BCUT2D eigenvalue weighted by Gasteiger charge is -2.31. The molecule has 0 bridgehead atoms. The third kappa shape index (κ3) is 5.07. The number of imide groups is 2. The highest BCUT2D eigenvalue weighted by atomic mass is 79.9. The van der Waals surface area contributed by atoms with E-state index < -0.39 is 23.8 Å². The molecule has 0 atom stereocenters. The average molecular weight is 495 g/mol. The Morgan fingerprint density at radius 1 is 1.19 bits per heavy atom. The number of amides is 4. The van der Waals surface area contributed by atoms with Crippen LogP contribution in [0.3, 0.4) is 0 Å². The van der Waals surface area contributed by atoms with E-state index in [1.165, 1.54) is 13.2 Å². The molecule has 4 amide bonds. The van der Waals surface area contributed by atoms with Gasteiger partial charge in [-0.1, -0.05) is 28.8 Å². The van der Waals surface area contributed by atoms with Crippen molar-refractivity contribution in [2.24, 2.45) is 0 Å². The van der Waals surface area contributed by atoms with Crippen molar-refractivity contribution in [3.05, 3.63) is 27.7 Å². The zero-order valence-electron chi connectivity index (χ0n) is 17.2. The van der Waals surface area contributed by atoms with Crippen LogP contribution in [0.25, 0.3) is 6.08 Å². The minimum absolute atomic E-state index is 0.141. The zero-order valence-corrected chi connectivity index (χ0v) is 18.8. The number of methoxy groups -OCH3 is 1. The Balaban J connectivity index is 1.93. The maximum atomic E-state index is 13.0. The maximum Gasteiger partial charge on any atom is 0.343 e. The number of rotatable bonds is 7. The molecule has 10 heteroatoms. The van der Waals surface area contributed by atoms with Crippen molar-refractivity contribution in [1.82, 2.24) is 10.2 Å². The monoisotopic (exact) mass is 494 g/mol. The van der Waals surface area contributed by atoms with Gasteiger partial charge in [0.25, 0.3) is 11.8 Å². The van der Waals surface area contributed by atoms with Gasteiger partial charge in [-0.2, -0.15) is 0 Å². The van der Waals surface area contributed by atoms with Gasteiger partial charge < -0.3 is 14.2 Å². The number of barbiturate groups is 1. The van der Waals surface area contributed by atoms with Gasteiger partial charge in [-0.25, -0.2) is 9.59 Å². The highest BCUT2D eigenvalue weighted by Gasteiger charge is 2.40. The predicted molar refractivity (Wildman–Crippen MR) is 113 cm³/mol. The lowest BCUT2D eigenvalue weighted by atomic mass is 10.0. The Bertz CT molecular complexity index is 938. The first kappa shape index (κ1) is 22.8. The van der Waals surface area contributed by atoms with Crippen molar-refractivity contribution >= 4 is 45.8 Å². The summed E-state index contributed by atoms with van der Waals surface area (Å²) in [5, 5.41) is 2.25. The van der Waals surface area contributed by atoms with Gasteiger partial charge in [0.2, 0.25) is 0 Å². The molecule has 31 heavy (non-hydrogen) atoms. The van der Waals surface area contributed by atoms with Crippen LogP contribution in [0.1, 0.15) is 38.2 Å². The van der Waals surface area contributed by atoms with Gasteiger partial charge in [0.15, 0.2) is 18.1 Å². The summed E-state index contributed by atoms with van der Waals surface area (Å²) in [4.78, 5) is 50.2. The third-order valence-corrected chi connectivity index (χ3v) is 5.75. The first-order valence-electron chi connectivity index (χ1n) is 9.92. The van der Waals surface area contributed by atoms with E-state index in [4.69, 9.17) is 9.47 Å². The molecule has 9 nitrogen and oxygen atoms in total. The molecular weight excluding hydrogens is 472 g/mol. The van der Waals surface area contributed by atoms with Gasteiger partial charge in [0.05, 0.1) is 13.7 Å². The number of carbonyl (C=O) groups is 4. The summed E-state index contributed by atoms with van der Waals surface area (Å²) in [6.07, 6.45) is 4.73. The van der Waals surface area contributed by atoms with Crippen LogP contribution >= 0.6 is 15.9 Å². The number of hydrogen-bond donors (Lipinski definition) is 1. The molecule has 3 rings (SSSR count). The molecular formula is C21H23BrN2O7. The number of nitrogens with one attached hydrogen (secondary N) is 1. The van der Waals surface area contributed by atoms with E-state index >= 15 is 0 Å². The molecule has 1 N–H and O–H groups in total. The highest BCUT2D eigenvalue weighted by Crippen LogP contribution is 2.36. The van der Waals surface area contributed by atoms with E-state index in [9.17, 15) is 19.2 Å². The molecule has 2 aliphatic rings. The van der Waals surface area contributed by atoms with Crippen molar-refractivity contribution in [3.63, 3.8) is 0 Å². The third-order valence-electron chi connectivity index (χ3n) is 5.06. The van der Waals surface area contributed by atoms with E-state index in [0.717, 1.165) is 30.6 Å². The minimum atomic E-state index is -0.750. The van der Waals surface area contributed by atoms with Gasteiger partial charge >= 0.3 is 12.0 Å². The normalized spacial score (nSPS) is 18.4. The Hall–Kier alpha value is -2.88. The summed E-state index contributed by atoms with van der Waals surface area (Å²) in [6, 6.07) is 2.27. The summed E-state index contributed by atoms with van der Waals surface area (Å²) in [6.45, 7) is 1.81. The number of nitrogens with zero attached hydrogens (tertiary/aromatic N) is 1.